The van der Waals surface area contributed by atoms with Crippen molar-refractivity contribution in [2.75, 3.05) is 5.73 Å². The Bertz CT molecular complexity index is 516. The van der Waals surface area contributed by atoms with E-state index >= 15 is 0 Å². The molecule has 0 saturated heterocycles. The second-order valence-electron chi connectivity index (χ2n) is 2.92. The lowest BCUT2D eigenvalue weighted by Crippen LogP contribution is -2.23. The van der Waals surface area contributed by atoms with E-state index in [0.717, 1.165) is 0 Å². The summed E-state index contributed by atoms with van der Waals surface area (Å²) in [7, 11) is 0. The van der Waals surface area contributed by atoms with Gasteiger partial charge >= 0.3 is 12.2 Å². The van der Waals surface area contributed by atoms with Gasteiger partial charge < -0.3 is 26.3 Å². The first-order valence-corrected chi connectivity index (χ1v) is 4.12. The number of anilines is 1. The van der Waals surface area contributed by atoms with Crippen molar-refractivity contribution in [1.29, 1.82) is 0 Å². The van der Waals surface area contributed by atoms with E-state index in [4.69, 9.17) is 11.5 Å². The summed E-state index contributed by atoms with van der Waals surface area (Å²) < 4.78 is 39.5. The van der Waals surface area contributed by atoms with Crippen LogP contribution in [0.5, 0.6) is 5.75 Å². The number of nitrogens with zero attached hydrogens (tertiary/aromatic N) is 2. The molecule has 0 aliphatic rings. The molecule has 0 bridgehead atoms. The van der Waals surface area contributed by atoms with Crippen LogP contribution in [0.1, 0.15) is 10.5 Å². The first kappa shape index (κ1) is 13.5. The van der Waals surface area contributed by atoms with Crippen LogP contribution >= 0.6 is 0 Å². The Labute approximate surface area is 96.5 Å². The van der Waals surface area contributed by atoms with Crippen molar-refractivity contribution in [3.63, 3.8) is 0 Å². The number of carbonyl (C=O) groups is 1. The normalized spacial score (nSPS) is 11.1. The number of primary amides is 1. The zero-order valence-electron chi connectivity index (χ0n) is 8.39. The van der Waals surface area contributed by atoms with E-state index in [1.54, 1.807) is 0 Å². The quantitative estimate of drug-likeness (QED) is 0.606. The summed E-state index contributed by atoms with van der Waals surface area (Å²) in [5, 5.41) is 10.4. The minimum Gasteiger partial charge on any atom is -0.399 e. The van der Waals surface area contributed by atoms with Crippen molar-refractivity contribution in [2.45, 2.75) is 6.36 Å². The minimum absolute atomic E-state index is 0.521. The lowest BCUT2D eigenvalue weighted by Gasteiger charge is -2.11. The van der Waals surface area contributed by atoms with Crippen LogP contribution < -0.4 is 16.2 Å². The van der Waals surface area contributed by atoms with Crippen molar-refractivity contribution in [2.24, 2.45) is 5.73 Å². The van der Waals surface area contributed by atoms with Crippen LogP contribution in [0.2, 0.25) is 0 Å². The van der Waals surface area contributed by atoms with Crippen LogP contribution in [0, 0.1) is 10.1 Å². The molecule has 8 nitrogen and oxygen atoms in total. The molecule has 0 spiro atoms. The topological polar surface area (TPSA) is 134 Å². The molecule has 0 aliphatic carbocycles. The lowest BCUT2D eigenvalue weighted by atomic mass is 10.2. The number of rotatable bonds is 3. The van der Waals surface area contributed by atoms with Crippen molar-refractivity contribution < 1.29 is 27.6 Å². The molecule has 0 aromatic carbocycles. The van der Waals surface area contributed by atoms with E-state index in [0.29, 0.717) is 6.07 Å². The number of nitro groups is 1. The van der Waals surface area contributed by atoms with E-state index in [-0.39, 0.29) is 0 Å². The van der Waals surface area contributed by atoms with E-state index in [9.17, 15) is 28.1 Å². The molecule has 0 aliphatic heterocycles. The van der Waals surface area contributed by atoms with Gasteiger partial charge in [-0.3, -0.25) is 4.79 Å². The molecular weight excluding hydrogens is 261 g/mol. The van der Waals surface area contributed by atoms with Gasteiger partial charge in [0.05, 0.1) is 11.8 Å². The van der Waals surface area contributed by atoms with Crippen LogP contribution in [0.3, 0.4) is 0 Å². The Morgan fingerprint density at radius 3 is 2.44 bits per heavy atom. The van der Waals surface area contributed by atoms with Gasteiger partial charge in [0.15, 0.2) is 0 Å². The molecule has 0 radical (unpaired) electrons. The third-order valence-electron chi connectivity index (χ3n) is 1.63. The van der Waals surface area contributed by atoms with Crippen molar-refractivity contribution in [3.05, 3.63) is 21.9 Å². The predicted octanol–water partition coefficient (Wildman–Crippen LogP) is 0.569. The van der Waals surface area contributed by atoms with Gasteiger partial charge in [0.1, 0.15) is 0 Å². The van der Waals surface area contributed by atoms with Gasteiger partial charge in [0.2, 0.25) is 5.75 Å². The number of pyridine rings is 1. The van der Waals surface area contributed by atoms with Gasteiger partial charge in [-0.1, -0.05) is 0 Å². The third kappa shape index (κ3) is 2.96. The molecule has 0 atom stereocenters. The number of alkyl halides is 3. The Balaban J connectivity index is 3.41. The summed E-state index contributed by atoms with van der Waals surface area (Å²) in [6.07, 6.45) is -5.14. The number of hydrogen-bond donors (Lipinski definition) is 2. The van der Waals surface area contributed by atoms with Crippen LogP contribution in [0.4, 0.5) is 24.7 Å². The molecule has 1 aromatic rings. The summed E-state index contributed by atoms with van der Waals surface area (Å²) in [5.41, 5.74) is 8.03. The molecule has 11 heteroatoms. The number of carbonyl (C=O) groups excluding carboxylic acids is 1. The number of halogens is 3. The van der Waals surface area contributed by atoms with Gasteiger partial charge in [-0.25, -0.2) is 0 Å². The van der Waals surface area contributed by atoms with Crippen LogP contribution in [0.15, 0.2) is 6.07 Å². The molecule has 1 heterocycles. The van der Waals surface area contributed by atoms with Crippen molar-refractivity contribution in [1.82, 2.24) is 4.98 Å². The van der Waals surface area contributed by atoms with Gasteiger partial charge in [0.25, 0.3) is 11.6 Å². The Kier molecular flexibility index (Phi) is 3.26. The Morgan fingerprint density at radius 2 is 2.06 bits per heavy atom. The fourth-order valence-electron chi connectivity index (χ4n) is 1.02. The molecule has 1 aromatic heterocycles. The maximum Gasteiger partial charge on any atom is 0.573 e. The minimum atomic E-state index is -5.14. The van der Waals surface area contributed by atoms with E-state index in [1.165, 1.54) is 0 Å². The molecule has 98 valence electrons. The SMILES string of the molecule is NC(=O)c1nc([N+](=O)[O-])cc(N)c1OC(F)(F)F. The zero-order valence-corrected chi connectivity index (χ0v) is 8.39. The first-order valence-electron chi connectivity index (χ1n) is 4.12. The zero-order chi connectivity index (χ0) is 14.1. The molecule has 0 fully saturated rings. The maximum atomic E-state index is 12.0. The second kappa shape index (κ2) is 4.35. The fraction of sp³-hybridized carbons (Fsp3) is 0.143. The van der Waals surface area contributed by atoms with Crippen LogP contribution in [0.25, 0.3) is 0 Å². The highest BCUT2D eigenvalue weighted by atomic mass is 19.4. The molecule has 0 unspecified atom stereocenters. The number of aromatic nitrogens is 1. The fourth-order valence-corrected chi connectivity index (χ4v) is 1.02. The molecule has 18 heavy (non-hydrogen) atoms. The van der Waals surface area contributed by atoms with Crippen LogP contribution in [-0.4, -0.2) is 22.2 Å². The largest absolute Gasteiger partial charge is 0.573 e. The number of ether oxygens (including phenoxy) is 1. The molecule has 1 amide bonds. The van der Waals surface area contributed by atoms with E-state index < -0.39 is 40.1 Å². The Hall–Kier alpha value is -2.59. The summed E-state index contributed by atoms with van der Waals surface area (Å²) in [6.45, 7) is 0. The third-order valence-corrected chi connectivity index (χ3v) is 1.63. The number of amides is 1. The monoisotopic (exact) mass is 266 g/mol. The summed E-state index contributed by atoms with van der Waals surface area (Å²) in [4.78, 5) is 23.3. The van der Waals surface area contributed by atoms with Gasteiger partial charge in [-0.15, -0.1) is 13.2 Å². The van der Waals surface area contributed by atoms with Gasteiger partial charge in [-0.05, 0) is 9.91 Å². The number of nitrogen functional groups attached to an aromatic ring is 1. The predicted molar refractivity (Wildman–Crippen MR) is 50.5 cm³/mol. The van der Waals surface area contributed by atoms with Crippen molar-refractivity contribution >= 4 is 17.4 Å². The molecule has 4 N–H and O–H groups in total. The summed E-state index contributed by atoms with van der Waals surface area (Å²) >= 11 is 0. The molecular formula is C7H5F3N4O4. The number of nitrogens with two attached hydrogens (primary N) is 2. The highest BCUT2D eigenvalue weighted by molar-refractivity contribution is 5.95. The summed E-state index contributed by atoms with van der Waals surface area (Å²) in [5.74, 6) is -3.53. The Morgan fingerprint density at radius 1 is 1.50 bits per heavy atom. The second-order valence-corrected chi connectivity index (χ2v) is 2.92. The van der Waals surface area contributed by atoms with Gasteiger partial charge in [0, 0.05) is 0 Å². The summed E-state index contributed by atoms with van der Waals surface area (Å²) in [6, 6.07) is 0.521. The smallest absolute Gasteiger partial charge is 0.399 e. The maximum absolute atomic E-state index is 12.0. The van der Waals surface area contributed by atoms with Crippen molar-refractivity contribution in [3.8, 4) is 5.75 Å². The average Bonchev–Trinajstić information content (AvgIpc) is 2.18. The van der Waals surface area contributed by atoms with E-state index in [1.807, 2.05) is 0 Å². The lowest BCUT2D eigenvalue weighted by molar-refractivity contribution is -0.389. The van der Waals surface area contributed by atoms with E-state index in [2.05, 4.69) is 9.72 Å². The van der Waals surface area contributed by atoms with Crippen LogP contribution in [-0.2, 0) is 0 Å². The highest BCUT2D eigenvalue weighted by Crippen LogP contribution is 2.33. The average molecular weight is 266 g/mol. The molecule has 0 saturated carbocycles. The van der Waals surface area contributed by atoms with Gasteiger partial charge in [-0.2, -0.15) is 0 Å². The standard InChI is InChI=1S/C7H5F3N4O4/c8-7(9,10)18-5-2(11)1-3(14(16)17)13-4(5)6(12)15/h1H,(H2,11,13)(H2,12,15). The highest BCUT2D eigenvalue weighted by Gasteiger charge is 2.36. The molecule has 1 rings (SSSR count). The number of hydrogen-bond acceptors (Lipinski definition) is 6. The first-order chi connectivity index (χ1) is 8.11.